The summed E-state index contributed by atoms with van der Waals surface area (Å²) >= 11 is 0. The van der Waals surface area contributed by atoms with E-state index in [-0.39, 0.29) is 12.4 Å². The van der Waals surface area contributed by atoms with Crippen LogP contribution in [-0.2, 0) is 32.2 Å². The maximum Gasteiger partial charge on any atom is 0.311 e. The minimum Gasteiger partial charge on any atom is -0.433 e. The molecule has 186 valence electrons. The molecule has 0 aliphatic carbocycles. The highest BCUT2D eigenvalue weighted by Crippen LogP contribution is 2.33. The van der Waals surface area contributed by atoms with E-state index >= 15 is 0 Å². The van der Waals surface area contributed by atoms with E-state index in [0.717, 1.165) is 43.4 Å². The summed E-state index contributed by atoms with van der Waals surface area (Å²) < 4.78 is 18.3. The zero-order valence-corrected chi connectivity index (χ0v) is 20.8. The van der Waals surface area contributed by atoms with Crippen molar-refractivity contribution >= 4 is 49.1 Å². The standard InChI is InChI=1S/C34H26O4/c35-33-19-32(36-20-30-26-13-5-1-9-22(26)17-23-10-2-6-14-27(23)30)34(38-33)37-21-31-28-15-7-3-11-24(28)18-25-12-4-8-16-29(25)31/h1-18,32,34H,19-21H2. The fourth-order valence-corrected chi connectivity index (χ4v) is 5.68. The summed E-state index contributed by atoms with van der Waals surface area (Å²) in [4.78, 5) is 12.4. The maximum absolute atomic E-state index is 12.4. The molecule has 0 amide bonds. The van der Waals surface area contributed by atoms with E-state index in [1.807, 2.05) is 48.5 Å². The molecular weight excluding hydrogens is 472 g/mol. The second-order valence-corrected chi connectivity index (χ2v) is 9.82. The average molecular weight is 499 g/mol. The van der Waals surface area contributed by atoms with Gasteiger partial charge in [-0.1, -0.05) is 97.1 Å². The van der Waals surface area contributed by atoms with Gasteiger partial charge in [-0.2, -0.15) is 0 Å². The molecule has 1 aliphatic rings. The van der Waals surface area contributed by atoms with E-state index in [1.54, 1.807) is 0 Å². The number of benzene rings is 6. The molecule has 2 atom stereocenters. The van der Waals surface area contributed by atoms with E-state index in [0.29, 0.717) is 13.2 Å². The molecule has 0 N–H and O–H groups in total. The van der Waals surface area contributed by atoms with Gasteiger partial charge in [0.15, 0.2) is 0 Å². The minimum atomic E-state index is -0.763. The molecule has 0 saturated carbocycles. The van der Waals surface area contributed by atoms with Crippen molar-refractivity contribution in [1.29, 1.82) is 0 Å². The number of fused-ring (bicyclic) bond motifs is 4. The van der Waals surface area contributed by atoms with E-state index in [1.165, 1.54) is 10.8 Å². The van der Waals surface area contributed by atoms with E-state index in [4.69, 9.17) is 14.2 Å². The Hall–Kier alpha value is -4.25. The van der Waals surface area contributed by atoms with Gasteiger partial charge >= 0.3 is 5.97 Å². The summed E-state index contributed by atoms with van der Waals surface area (Å²) in [5.74, 6) is -0.300. The number of carbonyl (C=O) groups is 1. The molecule has 6 aromatic carbocycles. The second-order valence-electron chi connectivity index (χ2n) is 9.82. The Labute approximate surface area is 220 Å². The van der Waals surface area contributed by atoms with Crippen LogP contribution < -0.4 is 0 Å². The highest BCUT2D eigenvalue weighted by atomic mass is 16.7. The quantitative estimate of drug-likeness (QED) is 0.175. The maximum atomic E-state index is 12.4. The third-order valence-corrected chi connectivity index (χ3v) is 7.52. The molecule has 1 fully saturated rings. The third-order valence-electron chi connectivity index (χ3n) is 7.52. The van der Waals surface area contributed by atoms with Gasteiger partial charge in [0.05, 0.1) is 19.6 Å². The smallest absolute Gasteiger partial charge is 0.311 e. The lowest BCUT2D eigenvalue weighted by atomic mass is 9.97. The van der Waals surface area contributed by atoms with Crippen molar-refractivity contribution in [2.75, 3.05) is 0 Å². The Morgan fingerprint density at radius 2 is 0.974 bits per heavy atom. The van der Waals surface area contributed by atoms with E-state index < -0.39 is 12.4 Å². The Kier molecular flexibility index (Phi) is 5.77. The first kappa shape index (κ1) is 22.9. The Bertz CT molecular complexity index is 1580. The second kappa shape index (κ2) is 9.56. The molecule has 0 spiro atoms. The SMILES string of the molecule is O=C1CC(OCc2c3ccccc3cc3ccccc23)C(OCc2c3ccccc3cc3ccccc23)O1. The lowest BCUT2D eigenvalue weighted by Crippen LogP contribution is -2.27. The Balaban J connectivity index is 1.17. The molecule has 0 radical (unpaired) electrons. The number of ether oxygens (including phenoxy) is 3. The van der Waals surface area contributed by atoms with Crippen molar-refractivity contribution in [2.45, 2.75) is 32.0 Å². The van der Waals surface area contributed by atoms with Crippen LogP contribution in [0.3, 0.4) is 0 Å². The van der Waals surface area contributed by atoms with Gasteiger partial charge in [-0.3, -0.25) is 4.79 Å². The number of cyclic esters (lactones) is 1. The fourth-order valence-electron chi connectivity index (χ4n) is 5.68. The van der Waals surface area contributed by atoms with Gasteiger partial charge in [-0.05, 0) is 66.3 Å². The zero-order valence-electron chi connectivity index (χ0n) is 20.8. The van der Waals surface area contributed by atoms with Crippen molar-refractivity contribution < 1.29 is 19.0 Å². The highest BCUT2D eigenvalue weighted by Gasteiger charge is 2.37. The summed E-state index contributed by atoms with van der Waals surface area (Å²) in [6, 6.07) is 37.7. The molecule has 1 heterocycles. The summed E-state index contributed by atoms with van der Waals surface area (Å²) in [6.07, 6.45) is -1.08. The van der Waals surface area contributed by atoms with Crippen molar-refractivity contribution in [1.82, 2.24) is 0 Å². The van der Waals surface area contributed by atoms with Crippen molar-refractivity contribution in [2.24, 2.45) is 0 Å². The lowest BCUT2D eigenvalue weighted by molar-refractivity contribution is -0.184. The monoisotopic (exact) mass is 498 g/mol. The molecule has 7 rings (SSSR count). The van der Waals surface area contributed by atoms with Crippen LogP contribution >= 0.6 is 0 Å². The van der Waals surface area contributed by atoms with Gasteiger partial charge < -0.3 is 14.2 Å². The van der Waals surface area contributed by atoms with Crippen LogP contribution in [0.25, 0.3) is 43.1 Å². The topological polar surface area (TPSA) is 44.8 Å². The third kappa shape index (κ3) is 4.08. The molecule has 4 heteroatoms. The number of rotatable bonds is 6. The van der Waals surface area contributed by atoms with E-state index in [9.17, 15) is 4.79 Å². The first-order chi connectivity index (χ1) is 18.7. The average Bonchev–Trinajstić information content (AvgIpc) is 3.32. The largest absolute Gasteiger partial charge is 0.433 e. The summed E-state index contributed by atoms with van der Waals surface area (Å²) in [5, 5.41) is 9.21. The highest BCUT2D eigenvalue weighted by molar-refractivity contribution is 6.03. The number of hydrogen-bond acceptors (Lipinski definition) is 4. The molecule has 4 nitrogen and oxygen atoms in total. The van der Waals surface area contributed by atoms with Crippen molar-refractivity contribution in [3.63, 3.8) is 0 Å². The summed E-state index contributed by atoms with van der Waals surface area (Å²) in [7, 11) is 0. The minimum absolute atomic E-state index is 0.170. The van der Waals surface area contributed by atoms with Crippen LogP contribution in [0.5, 0.6) is 0 Å². The lowest BCUT2D eigenvalue weighted by Gasteiger charge is -2.21. The number of esters is 1. The van der Waals surface area contributed by atoms with Crippen LogP contribution in [0.1, 0.15) is 17.5 Å². The predicted molar refractivity (Wildman–Crippen MR) is 151 cm³/mol. The van der Waals surface area contributed by atoms with Crippen molar-refractivity contribution in [3.05, 3.63) is 120 Å². The van der Waals surface area contributed by atoms with Gasteiger partial charge in [0.25, 0.3) is 0 Å². The summed E-state index contributed by atoms with van der Waals surface area (Å²) in [5.41, 5.74) is 2.19. The molecule has 6 aromatic rings. The predicted octanol–water partition coefficient (Wildman–Crippen LogP) is 7.67. The normalized spacial score (nSPS) is 17.5. The molecular formula is C34H26O4. The van der Waals surface area contributed by atoms with Crippen LogP contribution in [0.4, 0.5) is 0 Å². The van der Waals surface area contributed by atoms with Crippen LogP contribution in [0.2, 0.25) is 0 Å². The van der Waals surface area contributed by atoms with Gasteiger partial charge in [-0.15, -0.1) is 0 Å². The van der Waals surface area contributed by atoms with Crippen LogP contribution in [0, 0.1) is 0 Å². The molecule has 2 unspecified atom stereocenters. The molecule has 38 heavy (non-hydrogen) atoms. The van der Waals surface area contributed by atoms with Gasteiger partial charge in [0.1, 0.15) is 6.10 Å². The number of hydrogen-bond donors (Lipinski definition) is 0. The first-order valence-corrected chi connectivity index (χ1v) is 13.0. The van der Waals surface area contributed by atoms with Gasteiger partial charge in [0.2, 0.25) is 6.29 Å². The molecule has 0 aromatic heterocycles. The zero-order chi connectivity index (χ0) is 25.5. The Morgan fingerprint density at radius 3 is 1.42 bits per heavy atom. The van der Waals surface area contributed by atoms with Crippen LogP contribution in [0.15, 0.2) is 109 Å². The molecule has 1 saturated heterocycles. The Morgan fingerprint density at radius 1 is 0.579 bits per heavy atom. The van der Waals surface area contributed by atoms with Crippen molar-refractivity contribution in [3.8, 4) is 0 Å². The number of carbonyl (C=O) groups excluding carboxylic acids is 1. The first-order valence-electron chi connectivity index (χ1n) is 13.0. The molecule has 0 bridgehead atoms. The van der Waals surface area contributed by atoms with Gasteiger partial charge in [0, 0.05) is 0 Å². The summed E-state index contributed by atoms with van der Waals surface area (Å²) in [6.45, 7) is 0.678. The van der Waals surface area contributed by atoms with E-state index in [2.05, 4.69) is 60.7 Å². The molecule has 1 aliphatic heterocycles. The van der Waals surface area contributed by atoms with Gasteiger partial charge in [-0.25, -0.2) is 0 Å². The van der Waals surface area contributed by atoms with Crippen LogP contribution in [-0.4, -0.2) is 18.4 Å². The fraction of sp³-hybridized carbons (Fsp3) is 0.147.